The zero-order valence-electron chi connectivity index (χ0n) is 12.4. The van der Waals surface area contributed by atoms with Crippen molar-refractivity contribution in [1.82, 2.24) is 9.97 Å². The summed E-state index contributed by atoms with van der Waals surface area (Å²) in [7, 11) is 0. The summed E-state index contributed by atoms with van der Waals surface area (Å²) in [5.41, 5.74) is 3.42. The Hall–Kier alpha value is -2.46. The Morgan fingerprint density at radius 3 is 2.41 bits per heavy atom. The second-order valence-corrected chi connectivity index (χ2v) is 5.16. The number of aliphatic hydroxyl groups is 1. The monoisotopic (exact) mass is 293 g/mol. The van der Waals surface area contributed by atoms with Gasteiger partial charge in [-0.05, 0) is 36.1 Å². The molecule has 0 aliphatic heterocycles. The number of nitrogens with one attached hydrogen (secondary N) is 1. The third-order valence-corrected chi connectivity index (χ3v) is 3.73. The molecule has 0 radical (unpaired) electrons. The number of fused-ring (bicyclic) bond motifs is 1. The maximum absolute atomic E-state index is 9.13. The lowest BCUT2D eigenvalue weighted by atomic mass is 10.0. The predicted octanol–water partition coefficient (Wildman–Crippen LogP) is 2.82. The fourth-order valence-corrected chi connectivity index (χ4v) is 2.63. The molecule has 1 aromatic heterocycles. The molecule has 3 aromatic rings. The summed E-state index contributed by atoms with van der Waals surface area (Å²) in [5, 5.41) is 13.6. The van der Waals surface area contributed by atoms with Crippen molar-refractivity contribution in [2.45, 2.75) is 12.8 Å². The minimum absolute atomic E-state index is 0.182. The van der Waals surface area contributed by atoms with Gasteiger partial charge in [-0.25, -0.2) is 9.97 Å². The molecule has 0 saturated carbocycles. The van der Waals surface area contributed by atoms with Crippen molar-refractivity contribution in [2.75, 3.05) is 18.5 Å². The first-order valence-corrected chi connectivity index (χ1v) is 7.50. The normalized spacial score (nSPS) is 10.8. The van der Waals surface area contributed by atoms with Crippen LogP contribution in [0.3, 0.4) is 0 Å². The van der Waals surface area contributed by atoms with Crippen LogP contribution in [0.5, 0.6) is 0 Å². The summed E-state index contributed by atoms with van der Waals surface area (Å²) in [6, 6.07) is 16.2. The van der Waals surface area contributed by atoms with Gasteiger partial charge in [0.05, 0.1) is 5.52 Å². The van der Waals surface area contributed by atoms with E-state index < -0.39 is 0 Å². The standard InChI is InChI=1S/C18H19N3O/c22-12-10-15-6-2-1-5-14(15)9-11-19-18-16-7-3-4-8-17(16)20-13-21-18/h1-8,13,22H,9-12H2,(H,19,20,21). The van der Waals surface area contributed by atoms with E-state index in [4.69, 9.17) is 5.11 Å². The maximum Gasteiger partial charge on any atom is 0.137 e. The van der Waals surface area contributed by atoms with Gasteiger partial charge in [0, 0.05) is 18.5 Å². The molecule has 112 valence electrons. The van der Waals surface area contributed by atoms with E-state index in [-0.39, 0.29) is 6.61 Å². The van der Waals surface area contributed by atoms with Crippen molar-refractivity contribution in [3.05, 3.63) is 66.0 Å². The van der Waals surface area contributed by atoms with Crippen LogP contribution in [0.25, 0.3) is 10.9 Å². The Morgan fingerprint density at radius 1 is 0.864 bits per heavy atom. The van der Waals surface area contributed by atoms with Gasteiger partial charge in [-0.2, -0.15) is 0 Å². The topological polar surface area (TPSA) is 58.0 Å². The average molecular weight is 293 g/mol. The molecule has 0 fully saturated rings. The van der Waals surface area contributed by atoms with Crippen LogP contribution in [0, 0.1) is 0 Å². The third kappa shape index (κ3) is 3.23. The SMILES string of the molecule is OCCc1ccccc1CCNc1ncnc2ccccc12. The second-order valence-electron chi connectivity index (χ2n) is 5.16. The number of benzene rings is 2. The second kappa shape index (κ2) is 7.00. The molecule has 0 aliphatic rings. The van der Waals surface area contributed by atoms with E-state index in [0.29, 0.717) is 6.42 Å². The molecule has 0 atom stereocenters. The molecule has 0 bridgehead atoms. The lowest BCUT2D eigenvalue weighted by molar-refractivity contribution is 0.299. The van der Waals surface area contributed by atoms with E-state index >= 15 is 0 Å². The quantitative estimate of drug-likeness (QED) is 0.734. The van der Waals surface area contributed by atoms with Crippen molar-refractivity contribution in [3.63, 3.8) is 0 Å². The molecule has 0 amide bonds. The predicted molar refractivity (Wildman–Crippen MR) is 89.0 cm³/mol. The van der Waals surface area contributed by atoms with Gasteiger partial charge in [0.2, 0.25) is 0 Å². The number of hydrogen-bond donors (Lipinski definition) is 2. The van der Waals surface area contributed by atoms with Crippen LogP contribution in [0.2, 0.25) is 0 Å². The fourth-order valence-electron chi connectivity index (χ4n) is 2.63. The molecule has 0 saturated heterocycles. The van der Waals surface area contributed by atoms with Gasteiger partial charge in [-0.15, -0.1) is 0 Å². The van der Waals surface area contributed by atoms with E-state index in [0.717, 1.165) is 29.7 Å². The van der Waals surface area contributed by atoms with Gasteiger partial charge in [0.15, 0.2) is 0 Å². The Kier molecular flexibility index (Phi) is 4.61. The highest BCUT2D eigenvalue weighted by atomic mass is 16.2. The Labute approximate surface area is 129 Å². The molecule has 0 spiro atoms. The number of para-hydroxylation sites is 1. The minimum atomic E-state index is 0.182. The Bertz CT molecular complexity index is 753. The third-order valence-electron chi connectivity index (χ3n) is 3.73. The molecule has 0 aliphatic carbocycles. The van der Waals surface area contributed by atoms with Gasteiger partial charge in [-0.3, -0.25) is 0 Å². The summed E-state index contributed by atoms with van der Waals surface area (Å²) in [6.07, 6.45) is 3.19. The maximum atomic E-state index is 9.13. The average Bonchev–Trinajstić information content (AvgIpc) is 2.57. The van der Waals surface area contributed by atoms with Crippen LogP contribution in [0.4, 0.5) is 5.82 Å². The summed E-state index contributed by atoms with van der Waals surface area (Å²) in [6.45, 7) is 0.977. The van der Waals surface area contributed by atoms with Crippen LogP contribution >= 0.6 is 0 Å². The van der Waals surface area contributed by atoms with Crippen molar-refractivity contribution < 1.29 is 5.11 Å². The van der Waals surface area contributed by atoms with Crippen molar-refractivity contribution in [1.29, 1.82) is 0 Å². The van der Waals surface area contributed by atoms with E-state index in [1.54, 1.807) is 6.33 Å². The lowest BCUT2D eigenvalue weighted by Gasteiger charge is -2.11. The van der Waals surface area contributed by atoms with Crippen molar-refractivity contribution in [3.8, 4) is 0 Å². The highest BCUT2D eigenvalue weighted by molar-refractivity contribution is 5.88. The van der Waals surface area contributed by atoms with E-state index in [9.17, 15) is 0 Å². The van der Waals surface area contributed by atoms with Crippen LogP contribution in [-0.4, -0.2) is 28.2 Å². The first kappa shape index (κ1) is 14.5. The molecule has 22 heavy (non-hydrogen) atoms. The highest BCUT2D eigenvalue weighted by Gasteiger charge is 2.04. The zero-order chi connectivity index (χ0) is 15.2. The number of aromatic nitrogens is 2. The Morgan fingerprint density at radius 2 is 1.59 bits per heavy atom. The van der Waals surface area contributed by atoms with Crippen LogP contribution < -0.4 is 5.32 Å². The summed E-state index contributed by atoms with van der Waals surface area (Å²) in [4.78, 5) is 8.60. The van der Waals surface area contributed by atoms with Crippen LogP contribution in [0.1, 0.15) is 11.1 Å². The number of anilines is 1. The summed E-state index contributed by atoms with van der Waals surface area (Å²) >= 11 is 0. The van der Waals surface area contributed by atoms with Gasteiger partial charge in [0.25, 0.3) is 0 Å². The van der Waals surface area contributed by atoms with Gasteiger partial charge in [0.1, 0.15) is 12.1 Å². The molecular weight excluding hydrogens is 274 g/mol. The number of hydrogen-bond acceptors (Lipinski definition) is 4. The molecule has 0 unspecified atom stereocenters. The number of nitrogens with zero attached hydrogens (tertiary/aromatic N) is 2. The first-order valence-electron chi connectivity index (χ1n) is 7.50. The first-order chi connectivity index (χ1) is 10.9. The van der Waals surface area contributed by atoms with E-state index in [1.807, 2.05) is 36.4 Å². The minimum Gasteiger partial charge on any atom is -0.396 e. The number of aliphatic hydroxyl groups excluding tert-OH is 1. The Balaban J connectivity index is 1.70. The molecule has 4 heteroatoms. The highest BCUT2D eigenvalue weighted by Crippen LogP contribution is 2.18. The van der Waals surface area contributed by atoms with Crippen LogP contribution in [-0.2, 0) is 12.8 Å². The van der Waals surface area contributed by atoms with Gasteiger partial charge >= 0.3 is 0 Å². The van der Waals surface area contributed by atoms with Crippen molar-refractivity contribution in [2.24, 2.45) is 0 Å². The van der Waals surface area contributed by atoms with Gasteiger partial charge in [-0.1, -0.05) is 36.4 Å². The molecule has 4 nitrogen and oxygen atoms in total. The molecule has 2 aromatic carbocycles. The van der Waals surface area contributed by atoms with E-state index in [1.165, 1.54) is 11.1 Å². The van der Waals surface area contributed by atoms with Gasteiger partial charge < -0.3 is 10.4 Å². The summed E-state index contributed by atoms with van der Waals surface area (Å²) in [5.74, 6) is 0.866. The smallest absolute Gasteiger partial charge is 0.137 e. The fraction of sp³-hybridized carbons (Fsp3) is 0.222. The number of rotatable bonds is 6. The lowest BCUT2D eigenvalue weighted by Crippen LogP contribution is -2.09. The molecule has 3 rings (SSSR count). The zero-order valence-corrected chi connectivity index (χ0v) is 12.4. The van der Waals surface area contributed by atoms with E-state index in [2.05, 4.69) is 27.4 Å². The molecular formula is C18H19N3O. The van der Waals surface area contributed by atoms with Crippen LogP contribution in [0.15, 0.2) is 54.9 Å². The van der Waals surface area contributed by atoms with Crippen molar-refractivity contribution >= 4 is 16.7 Å². The molecule has 2 N–H and O–H groups in total. The summed E-state index contributed by atoms with van der Waals surface area (Å²) < 4.78 is 0. The largest absolute Gasteiger partial charge is 0.396 e. The molecule has 1 heterocycles.